The first-order valence-electron chi connectivity index (χ1n) is 19.2. The number of hydrogen-bond acceptors (Lipinski definition) is 13. The molecule has 0 radical (unpaired) electrons. The van der Waals surface area contributed by atoms with E-state index in [1.54, 1.807) is 26.0 Å². The number of aromatic hydroxyl groups is 2. The first kappa shape index (κ1) is 48.1. The number of aliphatic hydroxyl groups excluding tert-OH is 2. The number of phenols is 2. The number of likely N-dealkylation sites (tertiary alicyclic amines) is 1. The first-order valence-corrected chi connectivity index (χ1v) is 19.2. The lowest BCUT2D eigenvalue weighted by Gasteiger charge is -2.32. The van der Waals surface area contributed by atoms with Gasteiger partial charge in [-0.2, -0.15) is 0 Å². The van der Waals surface area contributed by atoms with E-state index in [4.69, 9.17) is 17.2 Å². The molecule has 60 heavy (non-hydrogen) atoms. The summed E-state index contributed by atoms with van der Waals surface area (Å²) in [5, 5.41) is 52.1. The van der Waals surface area contributed by atoms with Crippen LogP contribution >= 0.6 is 0 Å². The minimum atomic E-state index is -1.68. The van der Waals surface area contributed by atoms with E-state index in [9.17, 15) is 58.8 Å². The Kier molecular flexibility index (Phi) is 17.7. The summed E-state index contributed by atoms with van der Waals surface area (Å²) < 4.78 is 0. The number of benzene rings is 2. The monoisotopic (exact) mass is 841 g/mol. The van der Waals surface area contributed by atoms with Crippen molar-refractivity contribution >= 4 is 47.3 Å². The number of primary amides is 2. The lowest BCUT2D eigenvalue weighted by molar-refractivity contribution is -0.145. The number of carbonyl (C=O) groups is 8. The van der Waals surface area contributed by atoms with E-state index in [-0.39, 0.29) is 37.3 Å². The van der Waals surface area contributed by atoms with Crippen molar-refractivity contribution in [3.8, 4) is 11.5 Å². The van der Waals surface area contributed by atoms with Gasteiger partial charge in [0.05, 0.1) is 25.2 Å². The van der Waals surface area contributed by atoms with Crippen molar-refractivity contribution in [2.45, 2.75) is 101 Å². The molecule has 8 atom stereocenters. The van der Waals surface area contributed by atoms with E-state index < -0.39 is 115 Å². The normalized spacial score (nSPS) is 17.2. The molecule has 0 aliphatic carbocycles. The predicted octanol–water partition coefficient (Wildman–Crippen LogP) is -3.98. The van der Waals surface area contributed by atoms with Gasteiger partial charge in [-0.15, -0.1) is 0 Å². The molecule has 8 amide bonds. The number of phenolic OH excluding ortho intramolecular Hbond substituents is 2. The van der Waals surface area contributed by atoms with Gasteiger partial charge in [-0.3, -0.25) is 38.4 Å². The number of aliphatic hydroxyl groups is 2. The van der Waals surface area contributed by atoms with E-state index >= 15 is 0 Å². The third kappa shape index (κ3) is 13.9. The van der Waals surface area contributed by atoms with Crippen LogP contribution in [0.25, 0.3) is 0 Å². The molecular formula is C39H55N9O12. The summed E-state index contributed by atoms with van der Waals surface area (Å²) in [7, 11) is 0. The van der Waals surface area contributed by atoms with Crippen molar-refractivity contribution in [1.82, 2.24) is 31.5 Å². The molecule has 15 N–H and O–H groups in total. The van der Waals surface area contributed by atoms with E-state index in [0.29, 0.717) is 17.5 Å². The molecule has 0 aromatic heterocycles. The molecular weight excluding hydrogens is 786 g/mol. The second-order valence-corrected chi connectivity index (χ2v) is 14.9. The average molecular weight is 842 g/mol. The van der Waals surface area contributed by atoms with Crippen molar-refractivity contribution in [1.29, 1.82) is 0 Å². The Balaban J connectivity index is 1.73. The fourth-order valence-corrected chi connectivity index (χ4v) is 6.39. The van der Waals surface area contributed by atoms with Crippen molar-refractivity contribution in [2.75, 3.05) is 13.2 Å². The van der Waals surface area contributed by atoms with Gasteiger partial charge in [-0.25, -0.2) is 0 Å². The SMILES string of the molecule is CC(C)[C@H](NC(=O)[C@@H](N)Cc1ccc(O)cc1)C(=O)N[C@@H](CO)C(=O)N[C@H](C(=O)N1CCC[C@H]1C(=O)N[C@@H](Cc1ccc(O)cc1)C(=O)N[C@@H](CC(N)=O)C(N)=O)[C@@H](C)O. The fourth-order valence-electron chi connectivity index (χ4n) is 6.39. The molecule has 0 bridgehead atoms. The van der Waals surface area contributed by atoms with E-state index in [1.807, 2.05) is 0 Å². The Morgan fingerprint density at radius 1 is 0.700 bits per heavy atom. The topological polar surface area (TPSA) is 359 Å². The van der Waals surface area contributed by atoms with Crippen molar-refractivity contribution < 1.29 is 58.8 Å². The number of rotatable bonds is 21. The molecule has 1 aliphatic heterocycles. The quantitative estimate of drug-likeness (QED) is 0.0571. The van der Waals surface area contributed by atoms with Gasteiger partial charge in [0.25, 0.3) is 0 Å². The van der Waals surface area contributed by atoms with Gasteiger partial charge < -0.3 is 69.1 Å². The van der Waals surface area contributed by atoms with Crippen LogP contribution in [0.2, 0.25) is 0 Å². The highest BCUT2D eigenvalue weighted by Gasteiger charge is 2.41. The Hall–Kier alpha value is -6.32. The average Bonchev–Trinajstić information content (AvgIpc) is 3.68. The molecule has 1 saturated heterocycles. The minimum absolute atomic E-state index is 0.00198. The second-order valence-electron chi connectivity index (χ2n) is 14.9. The molecule has 0 spiro atoms. The molecule has 1 fully saturated rings. The van der Waals surface area contributed by atoms with Crippen LogP contribution in [0.1, 0.15) is 51.2 Å². The van der Waals surface area contributed by atoms with Crippen LogP contribution in [-0.4, -0.2) is 134 Å². The zero-order chi connectivity index (χ0) is 44.8. The molecule has 2 aromatic carbocycles. The first-order chi connectivity index (χ1) is 28.2. The zero-order valence-corrected chi connectivity index (χ0v) is 33.5. The standard InChI is InChI=1S/C39H55N9O12/c1-19(2)31(46-34(55)25(40)15-21-6-10-23(51)11-7-21)38(59)45-28(18-49)36(57)47-32(20(3)50)39(60)48-14-4-5-29(48)37(58)44-27(16-22-8-12-24(52)13-9-22)35(56)43-26(33(42)54)17-30(41)53/h6-13,19-20,25-29,31-32,49-52H,4-5,14-18,40H2,1-3H3,(H2,41,53)(H2,42,54)(H,43,56)(H,44,58)(H,45,59)(H,46,55)(H,47,57)/t20-,25+,26+,27+,28+,29+,31+,32+/m1/s1. The summed E-state index contributed by atoms with van der Waals surface area (Å²) in [5.41, 5.74) is 17.7. The number of nitrogens with zero attached hydrogens (tertiary/aromatic N) is 1. The van der Waals surface area contributed by atoms with Crippen molar-refractivity contribution in [2.24, 2.45) is 23.1 Å². The number of nitrogens with two attached hydrogens (primary N) is 3. The molecule has 0 unspecified atom stereocenters. The van der Waals surface area contributed by atoms with E-state index in [0.717, 1.165) is 4.90 Å². The van der Waals surface area contributed by atoms with Gasteiger partial charge in [0.15, 0.2) is 0 Å². The maximum Gasteiger partial charge on any atom is 0.248 e. The lowest BCUT2D eigenvalue weighted by atomic mass is 10.0. The third-order valence-electron chi connectivity index (χ3n) is 9.75. The Bertz CT molecular complexity index is 1860. The summed E-state index contributed by atoms with van der Waals surface area (Å²) in [6.07, 6.45) is -1.85. The highest BCUT2D eigenvalue weighted by Crippen LogP contribution is 2.21. The largest absolute Gasteiger partial charge is 0.508 e. The van der Waals surface area contributed by atoms with Gasteiger partial charge in [0.2, 0.25) is 47.3 Å². The van der Waals surface area contributed by atoms with Gasteiger partial charge in [0, 0.05) is 13.0 Å². The zero-order valence-electron chi connectivity index (χ0n) is 33.5. The van der Waals surface area contributed by atoms with Crippen LogP contribution in [0.15, 0.2) is 48.5 Å². The van der Waals surface area contributed by atoms with Crippen LogP contribution in [-0.2, 0) is 51.2 Å². The Morgan fingerprint density at radius 3 is 1.72 bits per heavy atom. The van der Waals surface area contributed by atoms with E-state index in [2.05, 4.69) is 26.6 Å². The van der Waals surface area contributed by atoms with Gasteiger partial charge in [-0.05, 0) is 67.5 Å². The van der Waals surface area contributed by atoms with E-state index in [1.165, 1.54) is 43.3 Å². The highest BCUT2D eigenvalue weighted by atomic mass is 16.3. The molecule has 3 rings (SSSR count). The van der Waals surface area contributed by atoms with Crippen molar-refractivity contribution in [3.05, 3.63) is 59.7 Å². The van der Waals surface area contributed by atoms with Crippen LogP contribution in [0, 0.1) is 5.92 Å². The van der Waals surface area contributed by atoms with Crippen LogP contribution in [0.5, 0.6) is 11.5 Å². The molecule has 1 aliphatic rings. The smallest absolute Gasteiger partial charge is 0.248 e. The molecule has 0 saturated carbocycles. The molecule has 1 heterocycles. The van der Waals surface area contributed by atoms with Gasteiger partial charge >= 0.3 is 0 Å². The van der Waals surface area contributed by atoms with Crippen LogP contribution < -0.4 is 43.8 Å². The maximum absolute atomic E-state index is 13.9. The summed E-state index contributed by atoms with van der Waals surface area (Å²) in [6, 6.07) is 1.93. The van der Waals surface area contributed by atoms with Gasteiger partial charge in [-0.1, -0.05) is 38.1 Å². The number of amides is 8. The maximum atomic E-state index is 13.9. The molecule has 328 valence electrons. The molecule has 21 nitrogen and oxygen atoms in total. The number of carbonyl (C=O) groups excluding carboxylic acids is 8. The Labute approximate surface area is 345 Å². The number of hydrogen-bond donors (Lipinski definition) is 12. The highest BCUT2D eigenvalue weighted by molar-refractivity contribution is 5.98. The van der Waals surface area contributed by atoms with Gasteiger partial charge in [0.1, 0.15) is 47.8 Å². The molecule has 21 heteroatoms. The van der Waals surface area contributed by atoms with Crippen molar-refractivity contribution in [3.63, 3.8) is 0 Å². The summed E-state index contributed by atoms with van der Waals surface area (Å²) >= 11 is 0. The van der Waals surface area contributed by atoms with Crippen LogP contribution in [0.4, 0.5) is 0 Å². The molecule has 2 aromatic rings. The fraction of sp³-hybridized carbons (Fsp3) is 0.487. The second kappa shape index (κ2) is 22.2. The predicted molar refractivity (Wildman–Crippen MR) is 213 cm³/mol. The third-order valence-corrected chi connectivity index (χ3v) is 9.75. The summed E-state index contributed by atoms with van der Waals surface area (Å²) in [5.74, 6) is -7.80. The number of nitrogens with one attached hydrogen (secondary N) is 5. The Morgan fingerprint density at radius 2 is 1.22 bits per heavy atom. The summed E-state index contributed by atoms with van der Waals surface area (Å²) in [4.78, 5) is 105. The lowest BCUT2D eigenvalue weighted by Crippen LogP contribution is -2.62. The van der Waals surface area contributed by atoms with Crippen LogP contribution in [0.3, 0.4) is 0 Å². The minimum Gasteiger partial charge on any atom is -0.508 e. The summed E-state index contributed by atoms with van der Waals surface area (Å²) in [6.45, 7) is 3.49.